The summed E-state index contributed by atoms with van der Waals surface area (Å²) in [6, 6.07) is 16.6. The molecule has 0 radical (unpaired) electrons. The zero-order valence-corrected chi connectivity index (χ0v) is 19.3. The normalized spacial score (nSPS) is 10.9. The van der Waals surface area contributed by atoms with Crippen molar-refractivity contribution in [1.29, 1.82) is 5.26 Å². The van der Waals surface area contributed by atoms with Crippen LogP contribution in [0.25, 0.3) is 21.9 Å². The minimum atomic E-state index is -0.281. The van der Waals surface area contributed by atoms with Crippen LogP contribution in [0.5, 0.6) is 0 Å². The van der Waals surface area contributed by atoms with Crippen LogP contribution >= 0.6 is 0 Å². The van der Waals surface area contributed by atoms with E-state index in [0.717, 1.165) is 66.4 Å². The first-order valence-corrected chi connectivity index (χ1v) is 11.7. The maximum atomic E-state index is 12.2. The van der Waals surface area contributed by atoms with Crippen molar-refractivity contribution in [3.63, 3.8) is 0 Å². The topological polar surface area (TPSA) is 122 Å². The number of hydrogen-bond acceptors (Lipinski definition) is 5. The van der Waals surface area contributed by atoms with Gasteiger partial charge in [-0.05, 0) is 43.5 Å². The smallest absolute Gasteiger partial charge is 0.319 e. The zero-order chi connectivity index (χ0) is 23.9. The number of carbonyl (C=O) groups is 1. The summed E-state index contributed by atoms with van der Waals surface area (Å²) in [6.07, 6.45) is 4.74. The van der Waals surface area contributed by atoms with E-state index in [1.165, 1.54) is 0 Å². The maximum Gasteiger partial charge on any atom is 0.319 e. The fraction of sp³-hybridized carbons (Fsp3) is 0.308. The molecule has 8 heteroatoms. The fourth-order valence-electron chi connectivity index (χ4n) is 4.11. The number of amides is 2. The predicted octanol–water partition coefficient (Wildman–Crippen LogP) is 5.47. The minimum Gasteiger partial charge on any atom is -0.382 e. The molecule has 0 unspecified atom stereocenters. The van der Waals surface area contributed by atoms with Crippen LogP contribution < -0.4 is 16.4 Å². The van der Waals surface area contributed by atoms with Gasteiger partial charge in [0.25, 0.3) is 0 Å². The van der Waals surface area contributed by atoms with E-state index in [0.29, 0.717) is 23.6 Å². The molecular formula is C26H33N7O. The Kier molecular flexibility index (Phi) is 7.23. The molecular weight excluding hydrogens is 426 g/mol. The number of pyridine rings is 1. The van der Waals surface area contributed by atoms with E-state index in [9.17, 15) is 4.79 Å². The molecule has 34 heavy (non-hydrogen) atoms. The van der Waals surface area contributed by atoms with E-state index < -0.39 is 0 Å². The number of carbonyl (C=O) groups excluding carboxylic acids is 1. The number of imidazole rings is 1. The number of nitrogens with one attached hydrogen (secondary N) is 2. The monoisotopic (exact) mass is 459 g/mol. The van der Waals surface area contributed by atoms with E-state index in [1.54, 1.807) is 24.3 Å². The van der Waals surface area contributed by atoms with Crippen LogP contribution in [0.3, 0.4) is 0 Å². The number of anilines is 2. The molecule has 4 aromatic rings. The van der Waals surface area contributed by atoms with Gasteiger partial charge in [-0.1, -0.05) is 37.6 Å². The van der Waals surface area contributed by atoms with Gasteiger partial charge in [0.15, 0.2) is 5.82 Å². The lowest BCUT2D eigenvalue weighted by Crippen LogP contribution is -2.29. The van der Waals surface area contributed by atoms with Crippen LogP contribution in [-0.2, 0) is 13.0 Å². The molecule has 2 aromatic heterocycles. The highest BCUT2D eigenvalue weighted by molar-refractivity contribution is 6.06. The summed E-state index contributed by atoms with van der Waals surface area (Å²) in [5.74, 6) is 1.49. The average Bonchev–Trinajstić information content (AvgIpc) is 3.22. The van der Waals surface area contributed by atoms with Gasteiger partial charge < -0.3 is 20.9 Å². The number of para-hydroxylation sites is 1. The summed E-state index contributed by atoms with van der Waals surface area (Å²) in [4.78, 5) is 21.6. The van der Waals surface area contributed by atoms with Crippen molar-refractivity contribution in [2.45, 2.75) is 45.6 Å². The molecule has 4 N–H and O–H groups in total. The molecule has 0 fully saturated rings. The summed E-state index contributed by atoms with van der Waals surface area (Å²) in [5, 5.41) is 15.7. The SMILES string of the molecule is CCCCc1nc2c(N)nc3ccccc3c2n1CCCCNC(=O)Nc1cccc(C#N)c1.[HH].[HH]. The Balaban J connectivity index is 0.00000228. The number of aromatic nitrogens is 3. The van der Waals surface area contributed by atoms with E-state index in [-0.39, 0.29) is 8.88 Å². The Hall–Kier alpha value is -4.12. The van der Waals surface area contributed by atoms with Crippen molar-refractivity contribution in [3.05, 3.63) is 59.9 Å². The van der Waals surface area contributed by atoms with Crippen molar-refractivity contribution < 1.29 is 7.65 Å². The first kappa shape index (κ1) is 23.1. The second-order valence-electron chi connectivity index (χ2n) is 8.28. The van der Waals surface area contributed by atoms with Gasteiger partial charge in [0.1, 0.15) is 11.3 Å². The molecule has 2 heterocycles. The lowest BCUT2D eigenvalue weighted by atomic mass is 10.2. The van der Waals surface area contributed by atoms with Gasteiger partial charge in [0.05, 0.1) is 22.7 Å². The number of fused-ring (bicyclic) bond motifs is 3. The highest BCUT2D eigenvalue weighted by Gasteiger charge is 2.16. The highest BCUT2D eigenvalue weighted by Crippen LogP contribution is 2.29. The molecule has 4 rings (SSSR count). The van der Waals surface area contributed by atoms with Gasteiger partial charge in [0.2, 0.25) is 0 Å². The maximum absolute atomic E-state index is 12.2. The largest absolute Gasteiger partial charge is 0.382 e. The van der Waals surface area contributed by atoms with Crippen LogP contribution in [0.4, 0.5) is 16.3 Å². The lowest BCUT2D eigenvalue weighted by Gasteiger charge is -2.12. The second kappa shape index (κ2) is 10.7. The van der Waals surface area contributed by atoms with Crippen molar-refractivity contribution in [2.75, 3.05) is 17.6 Å². The number of rotatable bonds is 9. The van der Waals surface area contributed by atoms with Crippen LogP contribution in [0.1, 0.15) is 46.8 Å². The number of nitrogens with two attached hydrogens (primary N) is 1. The molecule has 0 aliphatic heterocycles. The fourth-order valence-corrected chi connectivity index (χ4v) is 4.11. The van der Waals surface area contributed by atoms with E-state index >= 15 is 0 Å². The minimum absolute atomic E-state index is 0. The highest BCUT2D eigenvalue weighted by atomic mass is 16.2. The van der Waals surface area contributed by atoms with Crippen molar-refractivity contribution in [2.24, 2.45) is 0 Å². The molecule has 0 saturated heterocycles. The third kappa shape index (κ3) is 5.09. The Bertz CT molecular complexity index is 1360. The molecule has 0 atom stereocenters. The molecule has 8 nitrogen and oxygen atoms in total. The number of nitrogens with zero attached hydrogens (tertiary/aromatic N) is 4. The third-order valence-electron chi connectivity index (χ3n) is 5.79. The number of nitrogen functional groups attached to an aromatic ring is 1. The molecule has 0 aliphatic rings. The quantitative estimate of drug-likeness (QED) is 0.286. The molecule has 178 valence electrons. The Morgan fingerprint density at radius 3 is 2.82 bits per heavy atom. The molecule has 0 bridgehead atoms. The molecule has 2 aromatic carbocycles. The lowest BCUT2D eigenvalue weighted by molar-refractivity contribution is 0.252. The van der Waals surface area contributed by atoms with Crippen molar-refractivity contribution in [3.8, 4) is 6.07 Å². The van der Waals surface area contributed by atoms with Gasteiger partial charge in [0, 0.05) is 33.4 Å². The van der Waals surface area contributed by atoms with Crippen molar-refractivity contribution >= 4 is 39.5 Å². The molecule has 0 aliphatic carbocycles. The van der Waals surface area contributed by atoms with Crippen LogP contribution in [-0.4, -0.2) is 27.1 Å². The Morgan fingerprint density at radius 2 is 2.00 bits per heavy atom. The summed E-state index contributed by atoms with van der Waals surface area (Å²) in [5.41, 5.74) is 10.0. The van der Waals surface area contributed by atoms with E-state index in [1.807, 2.05) is 18.2 Å². The number of hydrogen-bond donors (Lipinski definition) is 3. The first-order chi connectivity index (χ1) is 16.6. The first-order valence-electron chi connectivity index (χ1n) is 11.7. The van der Waals surface area contributed by atoms with Crippen LogP contribution in [0.15, 0.2) is 48.5 Å². The zero-order valence-electron chi connectivity index (χ0n) is 19.3. The average molecular weight is 460 g/mol. The van der Waals surface area contributed by atoms with Gasteiger partial charge in [-0.25, -0.2) is 14.8 Å². The van der Waals surface area contributed by atoms with E-state index in [4.69, 9.17) is 16.0 Å². The summed E-state index contributed by atoms with van der Waals surface area (Å²) >= 11 is 0. The number of aryl methyl sites for hydroxylation is 2. The van der Waals surface area contributed by atoms with Gasteiger partial charge >= 0.3 is 6.03 Å². The summed E-state index contributed by atoms with van der Waals surface area (Å²) < 4.78 is 2.28. The van der Waals surface area contributed by atoms with Gasteiger partial charge in [-0.15, -0.1) is 0 Å². The standard InChI is InChI=1S/C26H29N7O.2H2/c1-2-3-13-22-32-23-24(20-11-4-5-12-21(20)31-25(23)28)33(22)15-7-6-14-29-26(34)30-19-10-8-9-18(16-19)17-27;;/h4-5,8-12,16H,2-3,6-7,13-15H2,1H3,(H2,28,31)(H2,29,30,34);2*1H. The van der Waals surface area contributed by atoms with Gasteiger partial charge in [-0.3, -0.25) is 0 Å². The Labute approximate surface area is 201 Å². The molecule has 0 spiro atoms. The Morgan fingerprint density at radius 1 is 1.15 bits per heavy atom. The summed E-state index contributed by atoms with van der Waals surface area (Å²) in [7, 11) is 0. The van der Waals surface area contributed by atoms with Crippen molar-refractivity contribution in [1.82, 2.24) is 19.9 Å². The predicted molar refractivity (Wildman–Crippen MR) is 140 cm³/mol. The van der Waals surface area contributed by atoms with E-state index in [2.05, 4.69) is 39.2 Å². The number of benzene rings is 2. The number of unbranched alkanes of at least 4 members (excludes halogenated alkanes) is 2. The molecule has 2 amide bonds. The van der Waals surface area contributed by atoms with Crippen LogP contribution in [0.2, 0.25) is 0 Å². The third-order valence-corrected chi connectivity index (χ3v) is 5.79. The number of urea groups is 1. The van der Waals surface area contributed by atoms with Gasteiger partial charge in [-0.2, -0.15) is 5.26 Å². The van der Waals surface area contributed by atoms with Crippen LogP contribution in [0, 0.1) is 11.3 Å². The molecule has 0 saturated carbocycles. The second-order valence-corrected chi connectivity index (χ2v) is 8.28. The number of nitriles is 1. The summed E-state index contributed by atoms with van der Waals surface area (Å²) in [6.45, 7) is 3.51.